The zero-order valence-electron chi connectivity index (χ0n) is 19.5. The summed E-state index contributed by atoms with van der Waals surface area (Å²) >= 11 is 0. The van der Waals surface area contributed by atoms with Crippen LogP contribution in [0.1, 0.15) is 11.1 Å². The minimum Gasteiger partial charge on any atom is -0.497 e. The minimum atomic E-state index is -1.52. The predicted molar refractivity (Wildman–Crippen MR) is 139 cm³/mol. The molecule has 4 aromatic rings. The number of ether oxygens (including phenoxy) is 2. The molecule has 0 amide bonds. The lowest BCUT2D eigenvalue weighted by atomic mass is 10.2. The summed E-state index contributed by atoms with van der Waals surface area (Å²) < 4.78 is 18.1. The Kier molecular flexibility index (Phi) is 7.44. The second-order valence-corrected chi connectivity index (χ2v) is 12.2. The average molecular weight is 469 g/mol. The van der Waals surface area contributed by atoms with Crippen molar-refractivity contribution in [3.05, 3.63) is 108 Å². The largest absolute Gasteiger partial charge is 0.497 e. The molecule has 0 bridgehead atoms. The molecule has 3 nitrogen and oxygen atoms in total. The van der Waals surface area contributed by atoms with Gasteiger partial charge >= 0.3 is 0 Å². The number of aryl methyl sites for hydroxylation is 2. The zero-order chi connectivity index (χ0) is 23.2. The van der Waals surface area contributed by atoms with Crippen LogP contribution in [0.3, 0.4) is 0 Å². The van der Waals surface area contributed by atoms with Crippen LogP contribution in [0, 0.1) is 13.8 Å². The minimum absolute atomic E-state index is 0.866. The fourth-order valence-corrected chi connectivity index (χ4v) is 9.44. The second-order valence-electron chi connectivity index (χ2n) is 7.85. The molecule has 0 aliphatic rings. The van der Waals surface area contributed by atoms with E-state index in [1.807, 2.05) is 12.1 Å². The molecule has 33 heavy (non-hydrogen) atoms. The van der Waals surface area contributed by atoms with Crippen LogP contribution in [-0.2, 0) is 4.12 Å². The van der Waals surface area contributed by atoms with Gasteiger partial charge in [0, 0.05) is 0 Å². The van der Waals surface area contributed by atoms with Crippen molar-refractivity contribution < 1.29 is 13.6 Å². The predicted octanol–water partition coefficient (Wildman–Crippen LogP) is 3.25. The van der Waals surface area contributed by atoms with Gasteiger partial charge in [-0.25, -0.2) is 0 Å². The highest BCUT2D eigenvalue weighted by atomic mass is 28.4. The molecule has 2 radical (unpaired) electrons. The monoisotopic (exact) mass is 468 g/mol. The molecule has 4 aromatic carbocycles. The first-order chi connectivity index (χ1) is 16.1. The van der Waals surface area contributed by atoms with Crippen molar-refractivity contribution in [2.24, 2.45) is 0 Å². The molecule has 0 N–H and O–H groups in total. The lowest BCUT2D eigenvalue weighted by Gasteiger charge is -2.26. The van der Waals surface area contributed by atoms with Crippen LogP contribution in [0.15, 0.2) is 97.1 Å². The third kappa shape index (κ3) is 5.27. The molecule has 0 aliphatic carbocycles. The van der Waals surface area contributed by atoms with Crippen molar-refractivity contribution >= 4 is 38.8 Å². The zero-order valence-corrected chi connectivity index (χ0v) is 21.5. The molecule has 0 unspecified atom stereocenters. The fourth-order valence-electron chi connectivity index (χ4n) is 3.86. The maximum Gasteiger partial charge on any atom is 0.272 e. The summed E-state index contributed by atoms with van der Waals surface area (Å²) in [6.45, 7) is 4.28. The molecule has 0 fully saturated rings. The SMILES string of the molecule is COc1ccc([Si](O[Si](c2ccccc2)c2ccc(OC)cc2C)c2ccccc2)c(C)c1. The van der Waals surface area contributed by atoms with Crippen LogP contribution in [0.25, 0.3) is 0 Å². The van der Waals surface area contributed by atoms with Gasteiger partial charge in [0.2, 0.25) is 0 Å². The lowest BCUT2D eigenvalue weighted by Crippen LogP contribution is -2.56. The third-order valence-corrected chi connectivity index (χ3v) is 11.1. The molecule has 0 aromatic heterocycles. The number of benzene rings is 4. The molecular formula is C28H28O3Si2. The van der Waals surface area contributed by atoms with E-state index in [4.69, 9.17) is 13.6 Å². The molecule has 5 heteroatoms. The fraction of sp³-hybridized carbons (Fsp3) is 0.143. The Morgan fingerprint density at radius 2 is 0.909 bits per heavy atom. The molecule has 0 aliphatic heterocycles. The number of hydrogen-bond donors (Lipinski definition) is 0. The molecule has 4 rings (SSSR count). The standard InChI is InChI=1S/C28H28O3Si2/c1-21-19-23(29-3)15-17-27(21)32(25-11-7-5-8-12-25)31-33(26-13-9-6-10-14-26)28-18-16-24(30-4)20-22(28)2/h5-20H,1-4H3. The van der Waals surface area contributed by atoms with Gasteiger partial charge in [0.25, 0.3) is 18.1 Å². The topological polar surface area (TPSA) is 27.7 Å². The number of hydrogen-bond acceptors (Lipinski definition) is 3. The van der Waals surface area contributed by atoms with Gasteiger partial charge in [-0.2, -0.15) is 0 Å². The van der Waals surface area contributed by atoms with Gasteiger partial charge in [0.1, 0.15) is 11.5 Å². The first-order valence-corrected chi connectivity index (χ1v) is 13.7. The highest BCUT2D eigenvalue weighted by Crippen LogP contribution is 2.14. The molecule has 0 heterocycles. The van der Waals surface area contributed by atoms with Crippen molar-refractivity contribution in [1.82, 2.24) is 0 Å². The van der Waals surface area contributed by atoms with Crippen molar-refractivity contribution in [2.75, 3.05) is 14.2 Å². The van der Waals surface area contributed by atoms with E-state index in [0.29, 0.717) is 0 Å². The van der Waals surface area contributed by atoms with Gasteiger partial charge in [-0.05, 0) is 70.0 Å². The average Bonchev–Trinajstić information content (AvgIpc) is 2.86. The van der Waals surface area contributed by atoms with Crippen LogP contribution in [0.5, 0.6) is 11.5 Å². The number of rotatable bonds is 8. The molecule has 0 atom stereocenters. The van der Waals surface area contributed by atoms with E-state index < -0.39 is 18.1 Å². The summed E-state index contributed by atoms with van der Waals surface area (Å²) in [4.78, 5) is 0. The first kappa shape index (κ1) is 23.0. The number of methoxy groups -OCH3 is 2. The normalized spacial score (nSPS) is 11.1. The summed E-state index contributed by atoms with van der Waals surface area (Å²) in [5.41, 5.74) is 2.38. The summed E-state index contributed by atoms with van der Waals surface area (Å²) in [6, 6.07) is 33.8. The van der Waals surface area contributed by atoms with Crippen molar-refractivity contribution in [2.45, 2.75) is 13.8 Å². The molecule has 0 saturated carbocycles. The van der Waals surface area contributed by atoms with Crippen molar-refractivity contribution in [1.29, 1.82) is 0 Å². The van der Waals surface area contributed by atoms with Gasteiger partial charge in [-0.15, -0.1) is 0 Å². The third-order valence-electron chi connectivity index (χ3n) is 5.63. The maximum absolute atomic E-state index is 7.23. The van der Waals surface area contributed by atoms with Gasteiger partial charge < -0.3 is 13.6 Å². The summed E-state index contributed by atoms with van der Waals surface area (Å²) in [5.74, 6) is 1.73. The Morgan fingerprint density at radius 1 is 0.515 bits per heavy atom. The maximum atomic E-state index is 7.23. The van der Waals surface area contributed by atoms with Crippen LogP contribution in [-0.4, -0.2) is 32.3 Å². The van der Waals surface area contributed by atoms with Crippen LogP contribution in [0.2, 0.25) is 0 Å². The second kappa shape index (κ2) is 10.7. The van der Waals surface area contributed by atoms with E-state index in [1.165, 1.54) is 31.9 Å². The van der Waals surface area contributed by atoms with Crippen LogP contribution in [0.4, 0.5) is 0 Å². The summed E-state index contributed by atoms with van der Waals surface area (Å²) in [7, 11) is 0.369. The highest BCUT2D eigenvalue weighted by molar-refractivity contribution is 6.92. The Labute approximate surface area is 200 Å². The Balaban J connectivity index is 1.83. The van der Waals surface area contributed by atoms with Crippen LogP contribution >= 0.6 is 0 Å². The first-order valence-electron chi connectivity index (χ1n) is 10.9. The smallest absolute Gasteiger partial charge is 0.272 e. The van der Waals surface area contributed by atoms with Gasteiger partial charge in [-0.3, -0.25) is 0 Å². The molecule has 0 spiro atoms. The van der Waals surface area contributed by atoms with Gasteiger partial charge in [-0.1, -0.05) is 72.8 Å². The van der Waals surface area contributed by atoms with E-state index in [2.05, 4.69) is 98.8 Å². The molecule has 0 saturated heterocycles. The Hall–Kier alpha value is -3.13. The quantitative estimate of drug-likeness (QED) is 0.372. The van der Waals surface area contributed by atoms with Crippen LogP contribution < -0.4 is 30.2 Å². The van der Waals surface area contributed by atoms with E-state index in [0.717, 1.165) is 11.5 Å². The summed E-state index contributed by atoms with van der Waals surface area (Å²) in [5, 5.41) is 4.97. The molecular weight excluding hydrogens is 440 g/mol. The highest BCUT2D eigenvalue weighted by Gasteiger charge is 2.30. The lowest BCUT2D eigenvalue weighted by molar-refractivity contribution is 0.414. The van der Waals surface area contributed by atoms with Gasteiger partial charge in [0.15, 0.2) is 0 Å². The molecule has 166 valence electrons. The van der Waals surface area contributed by atoms with Crippen molar-refractivity contribution in [3.63, 3.8) is 0 Å². The Morgan fingerprint density at radius 3 is 1.24 bits per heavy atom. The van der Waals surface area contributed by atoms with E-state index in [1.54, 1.807) is 14.2 Å². The van der Waals surface area contributed by atoms with E-state index in [9.17, 15) is 0 Å². The summed E-state index contributed by atoms with van der Waals surface area (Å²) in [6.07, 6.45) is 0. The van der Waals surface area contributed by atoms with E-state index in [-0.39, 0.29) is 0 Å². The Bertz CT molecular complexity index is 1100. The van der Waals surface area contributed by atoms with Gasteiger partial charge in [0.05, 0.1) is 14.2 Å². The van der Waals surface area contributed by atoms with E-state index >= 15 is 0 Å². The van der Waals surface area contributed by atoms with Crippen molar-refractivity contribution in [3.8, 4) is 11.5 Å².